The van der Waals surface area contributed by atoms with Crippen LogP contribution in [0.15, 0.2) is 59.9 Å². The molecule has 0 fully saturated rings. The number of rotatable bonds is 7. The van der Waals surface area contributed by atoms with Gasteiger partial charge in [-0.1, -0.05) is 50.2 Å². The van der Waals surface area contributed by atoms with Gasteiger partial charge in [0, 0.05) is 13.0 Å². The first-order valence-corrected chi connectivity index (χ1v) is 10.2. The molecule has 1 aliphatic heterocycles. The van der Waals surface area contributed by atoms with Gasteiger partial charge in [0.05, 0.1) is 24.3 Å². The summed E-state index contributed by atoms with van der Waals surface area (Å²) in [6.07, 6.45) is 0.247. The van der Waals surface area contributed by atoms with Crippen LogP contribution in [0, 0.1) is 12.8 Å². The monoisotopic (exact) mass is 421 g/mol. The lowest BCUT2D eigenvalue weighted by molar-refractivity contribution is -0.130. The maximum atomic E-state index is 13.0. The average molecular weight is 421 g/mol. The molecule has 1 unspecified atom stereocenters. The molecule has 2 aromatic carbocycles. The van der Waals surface area contributed by atoms with Crippen molar-refractivity contribution in [3.8, 4) is 0 Å². The third-order valence-corrected chi connectivity index (χ3v) is 5.41. The predicted octanol–water partition coefficient (Wildman–Crippen LogP) is 4.29. The van der Waals surface area contributed by atoms with Crippen LogP contribution >= 0.6 is 0 Å². The molecular weight excluding hydrogens is 394 g/mol. The van der Waals surface area contributed by atoms with Gasteiger partial charge in [0.1, 0.15) is 0 Å². The number of carbonyl (C=O) groups excluding carboxylic acids is 3. The van der Waals surface area contributed by atoms with E-state index in [2.05, 4.69) is 0 Å². The number of carbonyl (C=O) groups is 3. The van der Waals surface area contributed by atoms with Gasteiger partial charge in [-0.05, 0) is 41.7 Å². The number of esters is 1. The van der Waals surface area contributed by atoms with Crippen molar-refractivity contribution in [2.45, 2.75) is 39.8 Å². The van der Waals surface area contributed by atoms with E-state index >= 15 is 0 Å². The van der Waals surface area contributed by atoms with E-state index in [0.29, 0.717) is 5.56 Å². The maximum absolute atomic E-state index is 13.0. The zero-order valence-corrected chi connectivity index (χ0v) is 18.2. The molecule has 31 heavy (non-hydrogen) atoms. The second kappa shape index (κ2) is 9.16. The molecule has 1 heterocycles. The summed E-state index contributed by atoms with van der Waals surface area (Å²) in [5.74, 6) is -1.62. The Morgan fingerprint density at radius 3 is 2.32 bits per heavy atom. The van der Waals surface area contributed by atoms with Gasteiger partial charge in [-0.2, -0.15) is 0 Å². The first-order chi connectivity index (χ1) is 14.7. The Hall–Kier alpha value is -3.41. The number of aliphatic hydroxyl groups is 1. The van der Waals surface area contributed by atoms with E-state index in [0.717, 1.165) is 16.7 Å². The molecule has 0 aromatic heterocycles. The van der Waals surface area contributed by atoms with Crippen molar-refractivity contribution in [3.05, 3.63) is 82.1 Å². The van der Waals surface area contributed by atoms with Crippen molar-refractivity contribution >= 4 is 17.7 Å². The number of hydrogen-bond donors (Lipinski definition) is 1. The van der Waals surface area contributed by atoms with Gasteiger partial charge in [-0.15, -0.1) is 0 Å². The summed E-state index contributed by atoms with van der Waals surface area (Å²) in [4.78, 5) is 39.2. The van der Waals surface area contributed by atoms with Crippen molar-refractivity contribution in [2.75, 3.05) is 7.11 Å². The highest BCUT2D eigenvalue weighted by Gasteiger charge is 2.43. The van der Waals surface area contributed by atoms with E-state index < -0.39 is 23.7 Å². The smallest absolute Gasteiger partial charge is 0.337 e. The lowest BCUT2D eigenvalue weighted by Crippen LogP contribution is -2.31. The number of methoxy groups -OCH3 is 1. The number of aliphatic hydroxyl groups excluding tert-OH is 1. The van der Waals surface area contributed by atoms with Crippen LogP contribution in [0.5, 0.6) is 0 Å². The van der Waals surface area contributed by atoms with Gasteiger partial charge < -0.3 is 14.7 Å². The van der Waals surface area contributed by atoms with E-state index in [1.165, 1.54) is 12.0 Å². The summed E-state index contributed by atoms with van der Waals surface area (Å²) < 4.78 is 4.72. The van der Waals surface area contributed by atoms with Crippen molar-refractivity contribution in [3.63, 3.8) is 0 Å². The molecule has 162 valence electrons. The number of aryl methyl sites for hydroxylation is 1. The zero-order chi connectivity index (χ0) is 22.7. The average Bonchev–Trinajstić information content (AvgIpc) is 2.98. The van der Waals surface area contributed by atoms with E-state index in [-0.39, 0.29) is 30.2 Å². The fourth-order valence-electron chi connectivity index (χ4n) is 3.86. The SMILES string of the molecule is COC(=O)c1ccc(CN2C(=O)C(O)=C(C(=O)CC(C)C)C2c2ccccc2C)cc1. The first-order valence-electron chi connectivity index (χ1n) is 10.2. The lowest BCUT2D eigenvalue weighted by Gasteiger charge is -2.28. The van der Waals surface area contributed by atoms with Crippen molar-refractivity contribution < 1.29 is 24.2 Å². The van der Waals surface area contributed by atoms with Gasteiger partial charge in [0.25, 0.3) is 5.91 Å². The lowest BCUT2D eigenvalue weighted by atomic mass is 9.90. The van der Waals surface area contributed by atoms with Crippen LogP contribution in [0.25, 0.3) is 0 Å². The number of amides is 1. The summed E-state index contributed by atoms with van der Waals surface area (Å²) in [5, 5.41) is 10.7. The number of nitrogens with zero attached hydrogens (tertiary/aromatic N) is 1. The van der Waals surface area contributed by atoms with Crippen LogP contribution in [0.1, 0.15) is 53.4 Å². The Morgan fingerprint density at radius 1 is 1.10 bits per heavy atom. The van der Waals surface area contributed by atoms with Gasteiger partial charge in [-0.25, -0.2) is 4.79 Å². The first kappa shape index (κ1) is 22.3. The summed E-state index contributed by atoms with van der Waals surface area (Å²) in [7, 11) is 1.32. The minimum Gasteiger partial charge on any atom is -0.503 e. The molecule has 6 nitrogen and oxygen atoms in total. The molecule has 0 aliphatic carbocycles. The van der Waals surface area contributed by atoms with E-state index in [9.17, 15) is 19.5 Å². The Morgan fingerprint density at radius 2 is 1.74 bits per heavy atom. The molecule has 6 heteroatoms. The molecule has 1 aliphatic rings. The maximum Gasteiger partial charge on any atom is 0.337 e. The van der Waals surface area contributed by atoms with Gasteiger partial charge >= 0.3 is 5.97 Å². The normalized spacial score (nSPS) is 16.2. The van der Waals surface area contributed by atoms with Gasteiger partial charge in [0.15, 0.2) is 11.5 Å². The highest BCUT2D eigenvalue weighted by Crippen LogP contribution is 2.40. The number of ether oxygens (including phenoxy) is 1. The molecule has 0 saturated carbocycles. The standard InChI is InChI=1S/C25H27NO5/c1-15(2)13-20(27)21-22(19-8-6-5-7-16(19)3)26(24(29)23(21)28)14-17-9-11-18(12-10-17)25(30)31-4/h5-12,15,22,28H,13-14H2,1-4H3. The third-order valence-electron chi connectivity index (χ3n) is 5.41. The van der Waals surface area contributed by atoms with Crippen LogP contribution in [0.2, 0.25) is 0 Å². The molecule has 0 radical (unpaired) electrons. The Kier molecular flexibility index (Phi) is 6.59. The number of Topliss-reactive ketones (excluding diaryl/α,β-unsaturated/α-hetero) is 1. The zero-order valence-electron chi connectivity index (χ0n) is 18.2. The number of hydrogen-bond acceptors (Lipinski definition) is 5. The van der Waals surface area contributed by atoms with E-state index in [1.807, 2.05) is 45.0 Å². The van der Waals surface area contributed by atoms with Gasteiger partial charge in [0.2, 0.25) is 0 Å². The van der Waals surface area contributed by atoms with Crippen LogP contribution < -0.4 is 0 Å². The van der Waals surface area contributed by atoms with Crippen LogP contribution in [-0.4, -0.2) is 34.8 Å². The summed E-state index contributed by atoms with van der Waals surface area (Å²) >= 11 is 0. The number of benzene rings is 2. The molecule has 1 N–H and O–H groups in total. The minimum absolute atomic E-state index is 0.0975. The third kappa shape index (κ3) is 4.53. The molecule has 1 atom stereocenters. The van der Waals surface area contributed by atoms with E-state index in [4.69, 9.17) is 4.74 Å². The largest absolute Gasteiger partial charge is 0.503 e. The fraction of sp³-hybridized carbons (Fsp3) is 0.320. The molecular formula is C25H27NO5. The highest BCUT2D eigenvalue weighted by molar-refractivity contribution is 6.09. The summed E-state index contributed by atoms with van der Waals surface area (Å²) in [6.45, 7) is 5.95. The van der Waals surface area contributed by atoms with Gasteiger partial charge in [-0.3, -0.25) is 9.59 Å². The van der Waals surface area contributed by atoms with Crippen LogP contribution in [0.4, 0.5) is 0 Å². The second-order valence-electron chi connectivity index (χ2n) is 8.16. The molecule has 1 amide bonds. The molecule has 0 bridgehead atoms. The molecule has 3 rings (SSSR count). The van der Waals surface area contributed by atoms with Crippen LogP contribution in [0.3, 0.4) is 0 Å². The highest BCUT2D eigenvalue weighted by atomic mass is 16.5. The van der Waals surface area contributed by atoms with Crippen LogP contribution in [-0.2, 0) is 20.9 Å². The Bertz CT molecular complexity index is 1040. The fourth-order valence-corrected chi connectivity index (χ4v) is 3.86. The van der Waals surface area contributed by atoms with Crippen molar-refractivity contribution in [1.82, 2.24) is 4.90 Å². The van der Waals surface area contributed by atoms with E-state index in [1.54, 1.807) is 24.3 Å². The summed E-state index contributed by atoms with van der Waals surface area (Å²) in [5.41, 5.74) is 3.06. The minimum atomic E-state index is -0.666. The molecule has 0 spiro atoms. The van der Waals surface area contributed by atoms with Crippen molar-refractivity contribution in [2.24, 2.45) is 5.92 Å². The quantitative estimate of drug-likeness (QED) is 0.674. The van der Waals surface area contributed by atoms with Crippen molar-refractivity contribution in [1.29, 1.82) is 0 Å². The Balaban J connectivity index is 2.00. The Labute approximate surface area is 182 Å². The molecule has 0 saturated heterocycles. The number of ketones is 1. The summed E-state index contributed by atoms with van der Waals surface area (Å²) in [6, 6.07) is 13.6. The second-order valence-corrected chi connectivity index (χ2v) is 8.16. The topological polar surface area (TPSA) is 83.9 Å². The predicted molar refractivity (Wildman–Crippen MR) is 116 cm³/mol. The molecule has 2 aromatic rings.